The molecule has 2 aliphatic carbocycles. The molecule has 5 fully saturated rings. The van der Waals surface area contributed by atoms with E-state index in [4.69, 9.17) is 9.72 Å². The molecule has 5 aliphatic rings. The minimum atomic E-state index is -0.345. The molecule has 1 amide bonds. The maximum atomic E-state index is 14.6. The van der Waals surface area contributed by atoms with Crippen molar-refractivity contribution in [3.63, 3.8) is 0 Å². The number of ether oxygens (including phenoxy) is 1. The van der Waals surface area contributed by atoms with Gasteiger partial charge in [-0.05, 0) is 69.1 Å². The zero-order chi connectivity index (χ0) is 33.9. The van der Waals surface area contributed by atoms with Crippen molar-refractivity contribution in [3.8, 4) is 22.8 Å². The molecule has 8 rings (SSSR count). The highest BCUT2D eigenvalue weighted by Crippen LogP contribution is 2.49. The first kappa shape index (κ1) is 32.4. The summed E-state index contributed by atoms with van der Waals surface area (Å²) in [5.74, 6) is 3.74. The monoisotopic (exact) mass is 669 g/mol. The van der Waals surface area contributed by atoms with Gasteiger partial charge in [0, 0.05) is 100 Å². The van der Waals surface area contributed by atoms with Crippen LogP contribution in [-0.2, 0) is 4.79 Å². The minimum absolute atomic E-state index is 0.195. The molecular formula is C37H48FN9O2. The predicted molar refractivity (Wildman–Crippen MR) is 184 cm³/mol. The van der Waals surface area contributed by atoms with Crippen LogP contribution < -0.4 is 9.64 Å². The van der Waals surface area contributed by atoms with Gasteiger partial charge in [0.25, 0.3) is 5.88 Å². The summed E-state index contributed by atoms with van der Waals surface area (Å²) in [7, 11) is 0. The van der Waals surface area contributed by atoms with E-state index in [0.717, 1.165) is 88.8 Å². The molecule has 260 valence electrons. The lowest BCUT2D eigenvalue weighted by molar-refractivity contribution is -0.132. The van der Waals surface area contributed by atoms with E-state index in [9.17, 15) is 9.18 Å². The lowest BCUT2D eigenvalue weighted by Gasteiger charge is -2.58. The van der Waals surface area contributed by atoms with Gasteiger partial charge in [0.1, 0.15) is 23.7 Å². The highest BCUT2D eigenvalue weighted by atomic mass is 19.1. The molecule has 2 aromatic heterocycles. The van der Waals surface area contributed by atoms with Crippen molar-refractivity contribution >= 4 is 11.7 Å². The first-order valence-electron chi connectivity index (χ1n) is 18.1. The lowest BCUT2D eigenvalue weighted by atomic mass is 9.68. The van der Waals surface area contributed by atoms with Crippen LogP contribution in [0.1, 0.15) is 70.3 Å². The second-order valence-corrected chi connectivity index (χ2v) is 15.6. The number of hydrogen-bond acceptors (Lipinski definition) is 10. The Hall–Kier alpha value is -3.77. The van der Waals surface area contributed by atoms with Gasteiger partial charge in [-0.15, -0.1) is 10.2 Å². The summed E-state index contributed by atoms with van der Waals surface area (Å²) in [6.45, 7) is 16.0. The average Bonchev–Trinajstić information content (AvgIpc) is 3.81. The van der Waals surface area contributed by atoms with Crippen LogP contribution in [0, 0.1) is 30.0 Å². The van der Waals surface area contributed by atoms with E-state index in [-0.39, 0.29) is 17.1 Å². The molecule has 3 aliphatic heterocycles. The van der Waals surface area contributed by atoms with Crippen LogP contribution in [0.15, 0.2) is 30.7 Å². The molecule has 2 saturated carbocycles. The number of aromatic nitrogens is 5. The third kappa shape index (κ3) is 6.38. The average molecular weight is 670 g/mol. The number of hydrogen-bond donors (Lipinski definition) is 0. The fourth-order valence-corrected chi connectivity index (χ4v) is 9.08. The second-order valence-electron chi connectivity index (χ2n) is 15.6. The van der Waals surface area contributed by atoms with Crippen molar-refractivity contribution in [1.29, 1.82) is 0 Å². The number of nitrogens with zero attached hydrogens (tertiary/aromatic N) is 9. The van der Waals surface area contributed by atoms with E-state index in [0.29, 0.717) is 52.8 Å². The number of rotatable bonds is 9. The number of amides is 1. The van der Waals surface area contributed by atoms with E-state index in [1.165, 1.54) is 31.3 Å². The van der Waals surface area contributed by atoms with Gasteiger partial charge >= 0.3 is 0 Å². The van der Waals surface area contributed by atoms with Crippen molar-refractivity contribution in [1.82, 2.24) is 39.8 Å². The molecule has 1 aromatic carbocycles. The summed E-state index contributed by atoms with van der Waals surface area (Å²) in [4.78, 5) is 35.2. The number of carbonyl (C=O) groups excluding carboxylic acids is 1. The number of aryl methyl sites for hydroxylation is 1. The minimum Gasteiger partial charge on any atom is -0.434 e. The summed E-state index contributed by atoms with van der Waals surface area (Å²) in [6, 6.07) is 5.81. The number of carbonyl (C=O) groups is 1. The Bertz CT molecular complexity index is 1700. The zero-order valence-electron chi connectivity index (χ0n) is 29.2. The van der Waals surface area contributed by atoms with Crippen molar-refractivity contribution in [2.24, 2.45) is 17.3 Å². The van der Waals surface area contributed by atoms with Crippen LogP contribution in [0.2, 0.25) is 0 Å². The molecule has 5 heterocycles. The van der Waals surface area contributed by atoms with Crippen LogP contribution in [0.25, 0.3) is 11.1 Å². The standard InChI is InChI=1S/C37H48FN9O2/c1-23(2)34(27-15-29(16-27)45-13-11-44(12-14-45)25(4)48)47-20-37(21-47)9-10-46(19-37)35-36(43-41-22-40-35)49-32-8-7-28(38)17-30(32)31-18-39-24(3)42-33(31)26-5-6-26/h7-8,17-18,22-23,26-27,29,34H,5-6,9-16,19-21H2,1-4H3/t27?,29?,34-/m0/s1. The van der Waals surface area contributed by atoms with Crippen LogP contribution >= 0.6 is 0 Å². The van der Waals surface area contributed by atoms with Crippen LogP contribution in [0.4, 0.5) is 10.2 Å². The third-order valence-electron chi connectivity index (χ3n) is 11.7. The van der Waals surface area contributed by atoms with Gasteiger partial charge in [0.2, 0.25) is 5.91 Å². The van der Waals surface area contributed by atoms with E-state index < -0.39 is 0 Å². The Kier molecular flexibility index (Phi) is 8.50. The summed E-state index contributed by atoms with van der Waals surface area (Å²) in [5, 5.41) is 8.45. The second kappa shape index (κ2) is 12.8. The molecule has 0 bridgehead atoms. The molecule has 0 N–H and O–H groups in total. The fraction of sp³-hybridized carbons (Fsp3) is 0.622. The summed E-state index contributed by atoms with van der Waals surface area (Å²) < 4.78 is 21.1. The van der Waals surface area contributed by atoms with Crippen molar-refractivity contribution in [2.75, 3.05) is 57.3 Å². The molecular weight excluding hydrogens is 621 g/mol. The molecule has 11 nitrogen and oxygen atoms in total. The van der Waals surface area contributed by atoms with Crippen molar-refractivity contribution < 1.29 is 13.9 Å². The van der Waals surface area contributed by atoms with Gasteiger partial charge in [0.05, 0.1) is 5.69 Å². The number of piperazine rings is 1. The van der Waals surface area contributed by atoms with Gasteiger partial charge in [-0.1, -0.05) is 13.8 Å². The molecule has 12 heteroatoms. The largest absolute Gasteiger partial charge is 0.434 e. The Labute approximate surface area is 288 Å². The Morgan fingerprint density at radius 2 is 1.80 bits per heavy atom. The molecule has 49 heavy (non-hydrogen) atoms. The maximum absolute atomic E-state index is 14.6. The van der Waals surface area contributed by atoms with E-state index in [2.05, 4.69) is 48.7 Å². The molecule has 0 radical (unpaired) electrons. The zero-order valence-corrected chi connectivity index (χ0v) is 29.2. The van der Waals surface area contributed by atoms with Gasteiger partial charge in [-0.3, -0.25) is 14.6 Å². The number of benzene rings is 1. The Balaban J connectivity index is 0.928. The first-order valence-corrected chi connectivity index (χ1v) is 18.1. The number of halogens is 1. The molecule has 1 spiro atoms. The maximum Gasteiger partial charge on any atom is 0.282 e. The van der Waals surface area contributed by atoms with E-state index in [1.807, 2.05) is 11.8 Å². The molecule has 0 unspecified atom stereocenters. The van der Waals surface area contributed by atoms with Gasteiger partial charge in [0.15, 0.2) is 5.82 Å². The smallest absolute Gasteiger partial charge is 0.282 e. The molecule has 3 saturated heterocycles. The summed E-state index contributed by atoms with van der Waals surface area (Å²) >= 11 is 0. The van der Waals surface area contributed by atoms with Crippen molar-refractivity contribution in [2.45, 2.75) is 77.8 Å². The number of likely N-dealkylation sites (tertiary alicyclic amines) is 1. The number of anilines is 1. The van der Waals surface area contributed by atoms with Gasteiger partial charge in [-0.2, -0.15) is 0 Å². The molecule has 3 aromatic rings. The Morgan fingerprint density at radius 1 is 1.02 bits per heavy atom. The third-order valence-corrected chi connectivity index (χ3v) is 11.7. The van der Waals surface area contributed by atoms with E-state index in [1.54, 1.807) is 19.2 Å². The van der Waals surface area contributed by atoms with Crippen LogP contribution in [-0.4, -0.2) is 110 Å². The lowest BCUT2D eigenvalue weighted by Crippen LogP contribution is -2.66. The van der Waals surface area contributed by atoms with Gasteiger partial charge in [-0.25, -0.2) is 19.3 Å². The van der Waals surface area contributed by atoms with E-state index >= 15 is 0 Å². The normalized spacial score (nSPS) is 24.6. The highest BCUT2D eigenvalue weighted by Gasteiger charge is 2.53. The predicted octanol–water partition coefficient (Wildman–Crippen LogP) is 4.93. The fourth-order valence-electron chi connectivity index (χ4n) is 9.08. The quantitative estimate of drug-likeness (QED) is 0.312. The first-order chi connectivity index (χ1) is 23.7. The van der Waals surface area contributed by atoms with Crippen LogP contribution in [0.5, 0.6) is 11.6 Å². The highest BCUT2D eigenvalue weighted by molar-refractivity contribution is 5.74. The SMILES string of the molecule is CC(=O)N1CCN(C2CC([C@H](C(C)C)N3CC4(CCN(c5ncnnc5Oc5ccc(F)cc5-c5cnc(C)nc5C5CC5)C4)C3)C2)CC1. The van der Waals surface area contributed by atoms with Crippen molar-refractivity contribution in [3.05, 3.63) is 48.1 Å². The topological polar surface area (TPSA) is 104 Å². The Morgan fingerprint density at radius 3 is 2.51 bits per heavy atom. The van der Waals surface area contributed by atoms with Crippen LogP contribution in [0.3, 0.4) is 0 Å². The summed E-state index contributed by atoms with van der Waals surface area (Å²) in [6.07, 6.45) is 9.01. The molecule has 1 atom stereocenters. The van der Waals surface area contributed by atoms with Gasteiger partial charge < -0.3 is 14.5 Å². The summed E-state index contributed by atoms with van der Waals surface area (Å²) in [5.41, 5.74) is 2.58.